The number of methoxy groups -OCH3 is 1. The average molecular weight is 317 g/mol. The van der Waals surface area contributed by atoms with E-state index in [1.54, 1.807) is 7.11 Å². The van der Waals surface area contributed by atoms with Crippen molar-refractivity contribution in [2.24, 2.45) is 0 Å². The fourth-order valence-corrected chi connectivity index (χ4v) is 0.992. The first kappa shape index (κ1) is 12.7. The second-order valence-corrected chi connectivity index (χ2v) is 4.77. The molecule has 0 spiro atoms. The van der Waals surface area contributed by atoms with E-state index in [0.29, 0.717) is 0 Å². The van der Waals surface area contributed by atoms with Gasteiger partial charge in [-0.1, -0.05) is 18.2 Å². The predicted octanol–water partition coefficient (Wildman–Crippen LogP) is 2.57. The van der Waals surface area contributed by atoms with Gasteiger partial charge >= 0.3 is 35.0 Å². The molecule has 1 atom stereocenters. The summed E-state index contributed by atoms with van der Waals surface area (Å²) in [5.41, 5.74) is 0. The van der Waals surface area contributed by atoms with Crippen LogP contribution < -0.4 is 10.0 Å². The first-order chi connectivity index (χ1) is 5.76. The van der Waals surface area contributed by atoms with Crippen LogP contribution in [0.5, 0.6) is 5.75 Å². The zero-order valence-electron chi connectivity index (χ0n) is 6.37. The molecular formula is C7H9Cl2OPPd. The number of halogens is 2. The van der Waals surface area contributed by atoms with Crippen molar-refractivity contribution in [1.29, 1.82) is 0 Å². The van der Waals surface area contributed by atoms with Crippen molar-refractivity contribution < 1.29 is 20.7 Å². The molecule has 1 aromatic carbocycles. The van der Waals surface area contributed by atoms with Crippen molar-refractivity contribution in [2.45, 2.75) is 0 Å². The molecule has 1 nitrogen and oxygen atoms in total. The summed E-state index contributed by atoms with van der Waals surface area (Å²) >= 11 is -0.106. The molecule has 1 unspecified atom stereocenters. The first-order valence-electron chi connectivity index (χ1n) is 2.97. The van der Waals surface area contributed by atoms with Gasteiger partial charge in [0.1, 0.15) is 5.75 Å². The van der Waals surface area contributed by atoms with E-state index in [4.69, 9.17) is 23.8 Å². The molecule has 72 valence electrons. The average Bonchev–Trinajstić information content (AvgIpc) is 2.07. The van der Waals surface area contributed by atoms with Gasteiger partial charge in [-0.2, -0.15) is 0 Å². The molecule has 0 saturated heterocycles. The third-order valence-electron chi connectivity index (χ3n) is 1.14. The molecule has 0 amide bonds. The van der Waals surface area contributed by atoms with E-state index in [9.17, 15) is 0 Å². The molecule has 0 aliphatic carbocycles. The molecule has 1 aromatic rings. The van der Waals surface area contributed by atoms with Crippen LogP contribution in [-0.2, 0) is 15.9 Å². The van der Waals surface area contributed by atoms with Crippen molar-refractivity contribution in [1.82, 2.24) is 0 Å². The number of hydrogen-bond acceptors (Lipinski definition) is 1. The topological polar surface area (TPSA) is 9.23 Å². The summed E-state index contributed by atoms with van der Waals surface area (Å²) in [5.74, 6) is 0.919. The van der Waals surface area contributed by atoms with Gasteiger partial charge in [0.05, 0.1) is 7.11 Å². The Bertz CT molecular complexity index is 222. The molecule has 0 aliphatic heterocycles. The first-order valence-corrected chi connectivity index (χ1v) is 7.55. The van der Waals surface area contributed by atoms with E-state index >= 15 is 0 Å². The van der Waals surface area contributed by atoms with Crippen LogP contribution in [-0.4, -0.2) is 7.11 Å². The van der Waals surface area contributed by atoms with Crippen LogP contribution in [0.1, 0.15) is 0 Å². The Kier molecular flexibility index (Phi) is 8.78. The van der Waals surface area contributed by atoms with E-state index in [-0.39, 0.29) is 15.9 Å². The van der Waals surface area contributed by atoms with Crippen molar-refractivity contribution in [2.75, 3.05) is 7.11 Å². The Labute approximate surface area is 91.1 Å². The fourth-order valence-electron chi connectivity index (χ4n) is 0.666. The van der Waals surface area contributed by atoms with Gasteiger partial charge in [-0.3, -0.25) is 0 Å². The van der Waals surface area contributed by atoms with Gasteiger partial charge < -0.3 is 4.74 Å². The maximum absolute atomic E-state index is 5.02. The Balaban J connectivity index is 0.000000354. The summed E-state index contributed by atoms with van der Waals surface area (Å²) < 4.78 is 5.02. The number of ether oxygens (including phenoxy) is 1. The molecule has 0 aliphatic rings. The van der Waals surface area contributed by atoms with E-state index in [2.05, 4.69) is 9.24 Å². The second-order valence-electron chi connectivity index (χ2n) is 1.79. The van der Waals surface area contributed by atoms with Gasteiger partial charge in [0.25, 0.3) is 0 Å². The van der Waals surface area contributed by atoms with Gasteiger partial charge in [-0.25, -0.2) is 0 Å². The van der Waals surface area contributed by atoms with E-state index in [0.717, 1.165) is 11.1 Å². The van der Waals surface area contributed by atoms with Gasteiger partial charge in [0.2, 0.25) is 0 Å². The van der Waals surface area contributed by atoms with Crippen LogP contribution in [0.4, 0.5) is 0 Å². The van der Waals surface area contributed by atoms with Crippen molar-refractivity contribution in [3.05, 3.63) is 24.3 Å². The Hall–Kier alpha value is 0.692. The van der Waals surface area contributed by atoms with Crippen LogP contribution >= 0.6 is 28.3 Å². The molecule has 0 bridgehead atoms. The molecule has 1 rings (SSSR count). The van der Waals surface area contributed by atoms with Crippen molar-refractivity contribution in [3.8, 4) is 5.75 Å². The quantitative estimate of drug-likeness (QED) is 0.571. The number of rotatable bonds is 1. The summed E-state index contributed by atoms with van der Waals surface area (Å²) in [6.07, 6.45) is 0. The number of hydrogen-bond donors (Lipinski definition) is 0. The normalized spacial score (nSPS) is 8.67. The SMILES string of the molecule is COc1ccccc1P.[Cl][Pd][Cl]. The molecule has 0 saturated carbocycles. The summed E-state index contributed by atoms with van der Waals surface area (Å²) in [7, 11) is 13.9. The third-order valence-corrected chi connectivity index (χ3v) is 1.62. The Morgan fingerprint density at radius 1 is 1.33 bits per heavy atom. The monoisotopic (exact) mass is 316 g/mol. The number of benzene rings is 1. The van der Waals surface area contributed by atoms with Crippen LogP contribution in [0, 0.1) is 0 Å². The molecule has 0 heterocycles. The van der Waals surface area contributed by atoms with Crippen LogP contribution in [0.2, 0.25) is 0 Å². The van der Waals surface area contributed by atoms with E-state index < -0.39 is 0 Å². The summed E-state index contributed by atoms with van der Waals surface area (Å²) in [5, 5.41) is 1.10. The minimum atomic E-state index is -0.106. The van der Waals surface area contributed by atoms with Crippen LogP contribution in [0.15, 0.2) is 24.3 Å². The van der Waals surface area contributed by atoms with Crippen LogP contribution in [0.25, 0.3) is 0 Å². The fraction of sp³-hybridized carbons (Fsp3) is 0.143. The van der Waals surface area contributed by atoms with Gasteiger partial charge in [0, 0.05) is 5.30 Å². The summed E-state index contributed by atoms with van der Waals surface area (Å²) in [4.78, 5) is 0. The van der Waals surface area contributed by atoms with Crippen LogP contribution in [0.3, 0.4) is 0 Å². The summed E-state index contributed by atoms with van der Waals surface area (Å²) in [6.45, 7) is 0. The zero-order valence-corrected chi connectivity index (χ0v) is 10.6. The minimum absolute atomic E-state index is 0.106. The molecule has 5 heteroatoms. The van der Waals surface area contributed by atoms with Gasteiger partial charge in [-0.15, -0.1) is 9.24 Å². The second kappa shape index (κ2) is 8.30. The predicted molar refractivity (Wildman–Crippen MR) is 54.0 cm³/mol. The zero-order chi connectivity index (χ0) is 9.40. The van der Waals surface area contributed by atoms with E-state index in [1.807, 2.05) is 24.3 Å². The summed E-state index contributed by atoms with van der Waals surface area (Å²) in [6, 6.07) is 7.85. The standard InChI is InChI=1S/C7H9OP.2ClH.Pd/c1-8-6-4-2-3-5-7(6)9;;;/h2-5H,9H2,1H3;2*1H;/q;;;+2/p-2. The molecule has 12 heavy (non-hydrogen) atoms. The Morgan fingerprint density at radius 2 is 1.83 bits per heavy atom. The molecule has 0 fully saturated rings. The third kappa shape index (κ3) is 5.36. The number of para-hydroxylation sites is 1. The van der Waals surface area contributed by atoms with Crippen molar-refractivity contribution >= 4 is 33.6 Å². The molecule has 0 aromatic heterocycles. The van der Waals surface area contributed by atoms with Gasteiger partial charge in [-0.05, 0) is 6.07 Å². The maximum atomic E-state index is 5.02. The van der Waals surface area contributed by atoms with E-state index in [1.165, 1.54) is 0 Å². The molecule has 0 radical (unpaired) electrons. The molecular weight excluding hydrogens is 308 g/mol. The molecule has 0 N–H and O–H groups in total. The van der Waals surface area contributed by atoms with Gasteiger partial charge in [0.15, 0.2) is 0 Å². The Morgan fingerprint density at radius 3 is 2.17 bits per heavy atom. The van der Waals surface area contributed by atoms with Crippen molar-refractivity contribution in [3.63, 3.8) is 0 Å².